The van der Waals surface area contributed by atoms with Crippen molar-refractivity contribution >= 4 is 11.8 Å². The van der Waals surface area contributed by atoms with E-state index in [1.807, 2.05) is 19.9 Å². The maximum absolute atomic E-state index is 12.5. The van der Waals surface area contributed by atoms with E-state index in [0.29, 0.717) is 18.4 Å². The van der Waals surface area contributed by atoms with E-state index in [2.05, 4.69) is 11.8 Å². The fourth-order valence-electron chi connectivity index (χ4n) is 1.50. The zero-order valence-electron chi connectivity index (χ0n) is 10.4. The maximum Gasteiger partial charge on any atom is 0.446 e. The molecule has 0 heterocycles. The molecule has 0 fully saturated rings. The molecule has 0 aliphatic heterocycles. The van der Waals surface area contributed by atoms with Gasteiger partial charge in [-0.15, -0.1) is 0 Å². The third-order valence-electron chi connectivity index (χ3n) is 2.31. The van der Waals surface area contributed by atoms with Crippen molar-refractivity contribution in [2.45, 2.75) is 43.5 Å². The minimum atomic E-state index is -4.27. The number of halogens is 3. The van der Waals surface area contributed by atoms with Gasteiger partial charge in [0.2, 0.25) is 0 Å². The second-order valence-electron chi connectivity index (χ2n) is 3.74. The average molecular weight is 272 g/mol. The first-order valence-electron chi connectivity index (χ1n) is 5.84. The van der Waals surface area contributed by atoms with Gasteiger partial charge in [0, 0.05) is 16.9 Å². The minimum Gasteiger partial charge on any atom is -0.160 e. The highest BCUT2D eigenvalue weighted by Crippen LogP contribution is 2.39. The van der Waals surface area contributed by atoms with Crippen molar-refractivity contribution in [1.29, 1.82) is 0 Å². The number of thioether (sulfide) groups is 1. The summed E-state index contributed by atoms with van der Waals surface area (Å²) >= 11 is -0.0876. The van der Waals surface area contributed by atoms with Gasteiger partial charge in [-0.3, -0.25) is 0 Å². The van der Waals surface area contributed by atoms with Crippen LogP contribution in [-0.2, 0) is 6.42 Å². The number of unbranched alkanes of at least 4 members (excludes halogenated alkanes) is 1. The topological polar surface area (TPSA) is 0 Å². The molecule has 18 heavy (non-hydrogen) atoms. The highest BCUT2D eigenvalue weighted by molar-refractivity contribution is 8.00. The van der Waals surface area contributed by atoms with E-state index in [9.17, 15) is 13.2 Å². The lowest BCUT2D eigenvalue weighted by Gasteiger charge is -2.10. The molecule has 0 unspecified atom stereocenters. The van der Waals surface area contributed by atoms with Crippen LogP contribution in [0.15, 0.2) is 23.1 Å². The summed E-state index contributed by atoms with van der Waals surface area (Å²) in [5.41, 5.74) is -2.88. The maximum atomic E-state index is 12.5. The quantitative estimate of drug-likeness (QED) is 0.550. The summed E-state index contributed by atoms with van der Waals surface area (Å²) in [6, 6.07) is 4.96. The molecule has 1 aromatic carbocycles. The van der Waals surface area contributed by atoms with Gasteiger partial charge in [-0.25, -0.2) is 0 Å². The predicted octanol–water partition coefficient (Wildman–Crippen LogP) is 5.01. The van der Waals surface area contributed by atoms with Gasteiger partial charge in [0.05, 0.1) is 0 Å². The molecule has 0 amide bonds. The Labute approximate surface area is 110 Å². The molecule has 4 heteroatoms. The Kier molecular flexibility index (Phi) is 5.61. The standard InChI is InChI=1S/C14H15F3S/c1-3-5-6-9-12-11(4-2)8-7-10-13(12)18-14(15,16)17/h7-8,10H,3-5H2,1-2H3. The molecule has 0 spiro atoms. The van der Waals surface area contributed by atoms with E-state index >= 15 is 0 Å². The van der Waals surface area contributed by atoms with Crippen LogP contribution in [0.1, 0.15) is 37.8 Å². The van der Waals surface area contributed by atoms with Crippen LogP contribution in [0.3, 0.4) is 0 Å². The second kappa shape index (κ2) is 6.75. The van der Waals surface area contributed by atoms with Crippen molar-refractivity contribution in [2.24, 2.45) is 0 Å². The summed E-state index contributed by atoms with van der Waals surface area (Å²) in [6.45, 7) is 3.91. The lowest BCUT2D eigenvalue weighted by atomic mass is 10.1. The summed E-state index contributed by atoms with van der Waals surface area (Å²) in [4.78, 5) is 0.199. The van der Waals surface area contributed by atoms with E-state index in [-0.39, 0.29) is 16.7 Å². The summed E-state index contributed by atoms with van der Waals surface area (Å²) in [5, 5.41) is 0. The molecule has 0 radical (unpaired) electrons. The van der Waals surface area contributed by atoms with Crippen LogP contribution >= 0.6 is 11.8 Å². The first kappa shape index (κ1) is 15.0. The Balaban J connectivity index is 3.13. The molecule has 0 saturated heterocycles. The SMILES string of the molecule is CCCC#Cc1c(CC)cccc1SC(F)(F)F. The van der Waals surface area contributed by atoms with Crippen LogP contribution < -0.4 is 0 Å². The van der Waals surface area contributed by atoms with Gasteiger partial charge < -0.3 is 0 Å². The third kappa shape index (κ3) is 4.66. The van der Waals surface area contributed by atoms with Gasteiger partial charge in [-0.1, -0.05) is 37.8 Å². The molecule has 0 bridgehead atoms. The fourth-order valence-corrected chi connectivity index (χ4v) is 2.18. The zero-order valence-corrected chi connectivity index (χ0v) is 11.2. The normalized spacial score (nSPS) is 10.9. The molecule has 0 saturated carbocycles. The van der Waals surface area contributed by atoms with E-state index in [1.54, 1.807) is 6.07 Å². The number of hydrogen-bond donors (Lipinski definition) is 0. The minimum absolute atomic E-state index is 0.0876. The van der Waals surface area contributed by atoms with E-state index in [0.717, 1.165) is 12.0 Å². The number of aryl methyl sites for hydroxylation is 1. The Morgan fingerprint density at radius 3 is 2.50 bits per heavy atom. The van der Waals surface area contributed by atoms with Crippen LogP contribution in [0.4, 0.5) is 13.2 Å². The van der Waals surface area contributed by atoms with E-state index < -0.39 is 5.51 Å². The van der Waals surface area contributed by atoms with Crippen molar-refractivity contribution in [3.05, 3.63) is 29.3 Å². The lowest BCUT2D eigenvalue weighted by Crippen LogP contribution is -2.01. The summed E-state index contributed by atoms with van der Waals surface area (Å²) < 4.78 is 37.4. The zero-order chi connectivity index (χ0) is 13.6. The first-order valence-corrected chi connectivity index (χ1v) is 6.66. The van der Waals surface area contributed by atoms with Crippen LogP contribution in [0.2, 0.25) is 0 Å². The predicted molar refractivity (Wildman–Crippen MR) is 69.5 cm³/mol. The molecule has 0 nitrogen and oxygen atoms in total. The molecular formula is C14H15F3S. The Morgan fingerprint density at radius 1 is 1.22 bits per heavy atom. The largest absolute Gasteiger partial charge is 0.446 e. The van der Waals surface area contributed by atoms with Crippen molar-refractivity contribution < 1.29 is 13.2 Å². The molecule has 98 valence electrons. The highest BCUT2D eigenvalue weighted by atomic mass is 32.2. The van der Waals surface area contributed by atoms with E-state index in [1.165, 1.54) is 6.07 Å². The van der Waals surface area contributed by atoms with Crippen LogP contribution in [0.25, 0.3) is 0 Å². The van der Waals surface area contributed by atoms with Gasteiger partial charge in [0.1, 0.15) is 0 Å². The fraction of sp³-hybridized carbons (Fsp3) is 0.429. The molecule has 0 aliphatic rings. The average Bonchev–Trinajstić information content (AvgIpc) is 2.29. The molecule has 1 aromatic rings. The van der Waals surface area contributed by atoms with Crippen LogP contribution in [0, 0.1) is 11.8 Å². The number of alkyl halides is 3. The van der Waals surface area contributed by atoms with Gasteiger partial charge in [0.15, 0.2) is 0 Å². The van der Waals surface area contributed by atoms with Crippen molar-refractivity contribution in [3.63, 3.8) is 0 Å². The van der Waals surface area contributed by atoms with Crippen molar-refractivity contribution in [3.8, 4) is 11.8 Å². The number of hydrogen-bond acceptors (Lipinski definition) is 1. The molecule has 0 aromatic heterocycles. The van der Waals surface area contributed by atoms with Crippen LogP contribution in [0.5, 0.6) is 0 Å². The van der Waals surface area contributed by atoms with E-state index in [4.69, 9.17) is 0 Å². The first-order chi connectivity index (χ1) is 8.48. The Bertz CT molecular complexity index is 452. The van der Waals surface area contributed by atoms with Crippen molar-refractivity contribution in [1.82, 2.24) is 0 Å². The highest BCUT2D eigenvalue weighted by Gasteiger charge is 2.30. The number of rotatable bonds is 3. The monoisotopic (exact) mass is 272 g/mol. The summed E-state index contributed by atoms with van der Waals surface area (Å²) in [6.07, 6.45) is 2.29. The van der Waals surface area contributed by atoms with Crippen molar-refractivity contribution in [2.75, 3.05) is 0 Å². The van der Waals surface area contributed by atoms with Crippen LogP contribution in [-0.4, -0.2) is 5.51 Å². The Hall–Kier alpha value is -1.08. The molecule has 0 aliphatic carbocycles. The van der Waals surface area contributed by atoms with Gasteiger partial charge in [-0.2, -0.15) is 13.2 Å². The summed E-state index contributed by atoms with van der Waals surface area (Å²) in [7, 11) is 0. The lowest BCUT2D eigenvalue weighted by molar-refractivity contribution is -0.0328. The summed E-state index contributed by atoms with van der Waals surface area (Å²) in [5.74, 6) is 5.81. The molecule has 1 rings (SSSR count). The smallest absolute Gasteiger partial charge is 0.160 e. The number of benzene rings is 1. The molecular weight excluding hydrogens is 257 g/mol. The third-order valence-corrected chi connectivity index (χ3v) is 3.10. The molecule has 0 atom stereocenters. The van der Waals surface area contributed by atoms with Gasteiger partial charge in [0.25, 0.3) is 0 Å². The second-order valence-corrected chi connectivity index (χ2v) is 4.85. The Morgan fingerprint density at radius 2 is 1.94 bits per heavy atom. The van der Waals surface area contributed by atoms with Gasteiger partial charge in [-0.05, 0) is 36.2 Å². The molecule has 0 N–H and O–H groups in total. The van der Waals surface area contributed by atoms with Gasteiger partial charge >= 0.3 is 5.51 Å².